The summed E-state index contributed by atoms with van der Waals surface area (Å²) in [6.07, 6.45) is 6.76. The minimum Gasteiger partial charge on any atom is -0.466 e. The molecule has 30 heavy (non-hydrogen) atoms. The van der Waals surface area contributed by atoms with Crippen LogP contribution in [0.15, 0.2) is 0 Å². The van der Waals surface area contributed by atoms with Gasteiger partial charge in [-0.25, -0.2) is 22.0 Å². The lowest BCUT2D eigenvalue weighted by atomic mass is 10.1. The lowest BCUT2D eigenvalue weighted by Crippen LogP contribution is -2.11. The van der Waals surface area contributed by atoms with Gasteiger partial charge < -0.3 is 9.47 Å². The first-order valence-electron chi connectivity index (χ1n) is 10.1. The maximum absolute atomic E-state index is 13.5. The molecule has 1 aromatic rings. The van der Waals surface area contributed by atoms with E-state index >= 15 is 0 Å². The molecule has 0 atom stereocenters. The number of hydrogen-bond acceptors (Lipinski definition) is 4. The van der Waals surface area contributed by atoms with Gasteiger partial charge in [-0.05, 0) is 19.3 Å². The van der Waals surface area contributed by atoms with Gasteiger partial charge in [0.2, 0.25) is 5.82 Å². The first-order valence-corrected chi connectivity index (χ1v) is 10.1. The van der Waals surface area contributed by atoms with Crippen molar-refractivity contribution in [2.45, 2.75) is 77.7 Å². The Morgan fingerprint density at radius 3 is 1.67 bits per heavy atom. The molecule has 0 spiro atoms. The first kappa shape index (κ1) is 25.8. The Bertz CT molecular complexity index is 680. The number of carbonyl (C=O) groups excluding carboxylic acids is 2. The Morgan fingerprint density at radius 2 is 1.10 bits per heavy atom. The van der Waals surface area contributed by atoms with Crippen LogP contribution in [0.3, 0.4) is 0 Å². The predicted octanol–water partition coefficient (Wildman–Crippen LogP) is 5.89. The molecule has 0 aliphatic carbocycles. The average molecular weight is 438 g/mol. The maximum atomic E-state index is 13.5. The molecule has 0 aliphatic heterocycles. The fourth-order valence-electron chi connectivity index (χ4n) is 2.68. The quantitative estimate of drug-likeness (QED) is 0.120. The number of unbranched alkanes of at least 4 members (excludes halogenated alkanes) is 6. The van der Waals surface area contributed by atoms with Crippen molar-refractivity contribution in [1.29, 1.82) is 0 Å². The Balaban J connectivity index is 2.20. The van der Waals surface area contributed by atoms with Crippen LogP contribution >= 0.6 is 0 Å². The zero-order valence-electron chi connectivity index (χ0n) is 17.0. The smallest absolute Gasteiger partial charge is 0.306 e. The number of benzene rings is 1. The highest BCUT2D eigenvalue weighted by atomic mass is 19.2. The molecular formula is C21H27F5O4. The van der Waals surface area contributed by atoms with Gasteiger partial charge >= 0.3 is 11.9 Å². The summed E-state index contributed by atoms with van der Waals surface area (Å²) in [5.74, 6) is -11.6. The van der Waals surface area contributed by atoms with E-state index in [-0.39, 0.29) is 18.8 Å². The number of rotatable bonds is 14. The summed E-state index contributed by atoms with van der Waals surface area (Å²) in [4.78, 5) is 23.2. The van der Waals surface area contributed by atoms with Gasteiger partial charge in [-0.1, -0.05) is 39.0 Å². The van der Waals surface area contributed by atoms with Crippen LogP contribution in [-0.4, -0.2) is 18.5 Å². The summed E-state index contributed by atoms with van der Waals surface area (Å²) in [7, 11) is 0. The first-order chi connectivity index (χ1) is 14.3. The molecule has 0 saturated heterocycles. The van der Waals surface area contributed by atoms with E-state index in [9.17, 15) is 31.5 Å². The molecule has 0 fully saturated rings. The third-order valence-electron chi connectivity index (χ3n) is 4.45. The molecule has 0 amide bonds. The van der Waals surface area contributed by atoms with Crippen molar-refractivity contribution in [1.82, 2.24) is 0 Å². The average Bonchev–Trinajstić information content (AvgIpc) is 2.73. The summed E-state index contributed by atoms with van der Waals surface area (Å²) in [5, 5.41) is 0. The predicted molar refractivity (Wildman–Crippen MR) is 98.8 cm³/mol. The van der Waals surface area contributed by atoms with Crippen molar-refractivity contribution < 1.29 is 41.0 Å². The van der Waals surface area contributed by atoms with Gasteiger partial charge in [0.1, 0.15) is 6.61 Å². The van der Waals surface area contributed by atoms with Crippen LogP contribution in [0.1, 0.15) is 76.7 Å². The zero-order chi connectivity index (χ0) is 22.5. The highest BCUT2D eigenvalue weighted by Gasteiger charge is 2.26. The Labute approximate surface area is 172 Å². The molecule has 0 aliphatic rings. The van der Waals surface area contributed by atoms with Gasteiger partial charge in [0.25, 0.3) is 0 Å². The normalized spacial score (nSPS) is 10.9. The molecule has 0 bridgehead atoms. The van der Waals surface area contributed by atoms with Crippen molar-refractivity contribution in [2.75, 3.05) is 6.61 Å². The number of esters is 2. The maximum Gasteiger partial charge on any atom is 0.306 e. The van der Waals surface area contributed by atoms with Gasteiger partial charge in [0.15, 0.2) is 23.3 Å². The fraction of sp³-hybridized carbons (Fsp3) is 0.619. The van der Waals surface area contributed by atoms with E-state index < -0.39 is 47.2 Å². The van der Waals surface area contributed by atoms with E-state index in [4.69, 9.17) is 4.74 Å². The Hall–Kier alpha value is -2.19. The molecule has 9 heteroatoms. The second-order valence-corrected chi connectivity index (χ2v) is 6.90. The van der Waals surface area contributed by atoms with E-state index in [1.54, 1.807) is 0 Å². The van der Waals surface area contributed by atoms with E-state index in [0.717, 1.165) is 32.1 Å². The van der Waals surface area contributed by atoms with E-state index in [0.29, 0.717) is 25.9 Å². The highest BCUT2D eigenvalue weighted by Crippen LogP contribution is 2.23. The molecule has 4 nitrogen and oxygen atoms in total. The summed E-state index contributed by atoms with van der Waals surface area (Å²) < 4.78 is 75.8. The van der Waals surface area contributed by atoms with E-state index in [1.807, 2.05) is 0 Å². The SMILES string of the molecule is CCCCCCCOC(=O)CCCCCC(=O)OCc1c(F)c(F)c(F)c(F)c1F. The van der Waals surface area contributed by atoms with E-state index in [2.05, 4.69) is 11.7 Å². The topological polar surface area (TPSA) is 52.6 Å². The second-order valence-electron chi connectivity index (χ2n) is 6.90. The molecule has 0 radical (unpaired) electrons. The molecule has 1 aromatic carbocycles. The molecule has 0 saturated carbocycles. The van der Waals surface area contributed by atoms with Crippen LogP contribution < -0.4 is 0 Å². The monoisotopic (exact) mass is 438 g/mol. The molecule has 0 aromatic heterocycles. The highest BCUT2D eigenvalue weighted by molar-refractivity contribution is 5.70. The second kappa shape index (κ2) is 13.9. The van der Waals surface area contributed by atoms with E-state index in [1.165, 1.54) is 0 Å². The largest absolute Gasteiger partial charge is 0.466 e. The third-order valence-corrected chi connectivity index (χ3v) is 4.45. The van der Waals surface area contributed by atoms with Crippen LogP contribution in [0.25, 0.3) is 0 Å². The van der Waals surface area contributed by atoms with Crippen molar-refractivity contribution in [2.24, 2.45) is 0 Å². The minimum absolute atomic E-state index is 0.109. The Morgan fingerprint density at radius 1 is 0.633 bits per heavy atom. The molecule has 0 N–H and O–H groups in total. The number of carbonyl (C=O) groups is 2. The van der Waals surface area contributed by atoms with Crippen LogP contribution in [0.2, 0.25) is 0 Å². The van der Waals surface area contributed by atoms with Gasteiger partial charge in [0, 0.05) is 12.8 Å². The summed E-state index contributed by atoms with van der Waals surface area (Å²) in [6.45, 7) is 1.45. The minimum atomic E-state index is -2.27. The third kappa shape index (κ3) is 8.67. The van der Waals surface area contributed by atoms with Gasteiger partial charge in [-0.3, -0.25) is 9.59 Å². The van der Waals surface area contributed by atoms with Gasteiger partial charge in [-0.15, -0.1) is 0 Å². The molecular weight excluding hydrogens is 411 g/mol. The van der Waals surface area contributed by atoms with Crippen LogP contribution in [-0.2, 0) is 25.7 Å². The van der Waals surface area contributed by atoms with Crippen molar-refractivity contribution in [3.05, 3.63) is 34.6 Å². The molecule has 1 rings (SSSR count). The van der Waals surface area contributed by atoms with Gasteiger partial charge in [0.05, 0.1) is 12.2 Å². The van der Waals surface area contributed by atoms with Crippen LogP contribution in [0.4, 0.5) is 22.0 Å². The molecule has 0 heterocycles. The number of hydrogen-bond donors (Lipinski definition) is 0. The van der Waals surface area contributed by atoms with Crippen LogP contribution in [0.5, 0.6) is 0 Å². The standard InChI is InChI=1S/C21H27F5O4/c1-2-3-4-5-9-12-29-15(27)10-7-6-8-11-16(28)30-13-14-17(22)19(24)21(26)20(25)18(14)23/h2-13H2,1H3. The summed E-state index contributed by atoms with van der Waals surface area (Å²) in [5.41, 5.74) is -1.20. The lowest BCUT2D eigenvalue weighted by molar-refractivity contribution is -0.145. The van der Waals surface area contributed by atoms with Crippen LogP contribution in [0, 0.1) is 29.1 Å². The van der Waals surface area contributed by atoms with Crippen molar-refractivity contribution >= 4 is 11.9 Å². The molecule has 170 valence electrons. The number of halogens is 5. The lowest BCUT2D eigenvalue weighted by Gasteiger charge is -2.09. The zero-order valence-corrected chi connectivity index (χ0v) is 17.0. The number of ether oxygens (including phenoxy) is 2. The fourth-order valence-corrected chi connectivity index (χ4v) is 2.68. The Kier molecular flexibility index (Phi) is 12.0. The summed E-state index contributed by atoms with van der Waals surface area (Å²) in [6, 6.07) is 0. The van der Waals surface area contributed by atoms with Gasteiger partial charge in [-0.2, -0.15) is 0 Å². The van der Waals surface area contributed by atoms with Crippen molar-refractivity contribution in [3.8, 4) is 0 Å². The van der Waals surface area contributed by atoms with Crippen molar-refractivity contribution in [3.63, 3.8) is 0 Å². The summed E-state index contributed by atoms with van der Waals surface area (Å²) >= 11 is 0. The molecule has 0 unspecified atom stereocenters.